The summed E-state index contributed by atoms with van der Waals surface area (Å²) in [6, 6.07) is 6.12. The van der Waals surface area contributed by atoms with E-state index >= 15 is 0 Å². The molecule has 0 saturated carbocycles. The minimum absolute atomic E-state index is 0.333. The van der Waals surface area contributed by atoms with E-state index in [2.05, 4.69) is 17.2 Å². The lowest BCUT2D eigenvalue weighted by Gasteiger charge is -2.15. The highest BCUT2D eigenvalue weighted by Crippen LogP contribution is 2.20. The number of anilines is 1. The molecule has 0 saturated heterocycles. The largest absolute Gasteiger partial charge is 0.469 e. The lowest BCUT2D eigenvalue weighted by molar-refractivity contribution is 0.495. The van der Waals surface area contributed by atoms with Crippen LogP contribution in [-0.4, -0.2) is 11.0 Å². The van der Waals surface area contributed by atoms with E-state index in [0.717, 1.165) is 24.3 Å². The van der Waals surface area contributed by atoms with E-state index in [1.165, 1.54) is 0 Å². The number of furan rings is 1. The maximum absolute atomic E-state index is 6.02. The predicted molar refractivity (Wildman–Crippen MR) is 69.4 cm³/mol. The number of hydrogen-bond donors (Lipinski definition) is 1. The quantitative estimate of drug-likeness (QED) is 0.878. The summed E-state index contributed by atoms with van der Waals surface area (Å²) < 4.78 is 5.29. The van der Waals surface area contributed by atoms with Crippen molar-refractivity contribution in [2.24, 2.45) is 0 Å². The van der Waals surface area contributed by atoms with Crippen molar-refractivity contribution in [3.05, 3.63) is 47.6 Å². The number of nitrogens with zero attached hydrogens (tertiary/aromatic N) is 1. The van der Waals surface area contributed by atoms with Gasteiger partial charge in [-0.1, -0.05) is 11.6 Å². The fourth-order valence-corrected chi connectivity index (χ4v) is 1.82. The van der Waals surface area contributed by atoms with Crippen molar-refractivity contribution in [1.82, 2.24) is 4.98 Å². The number of aromatic nitrogens is 1. The van der Waals surface area contributed by atoms with Crippen LogP contribution in [0, 0.1) is 0 Å². The summed E-state index contributed by atoms with van der Waals surface area (Å²) in [6.07, 6.45) is 6.99. The molecule has 0 aliphatic rings. The normalized spacial score (nSPS) is 12.4. The monoisotopic (exact) mass is 250 g/mol. The van der Waals surface area contributed by atoms with Crippen LogP contribution < -0.4 is 5.32 Å². The zero-order valence-corrected chi connectivity index (χ0v) is 10.4. The zero-order valence-electron chi connectivity index (χ0n) is 9.69. The Morgan fingerprint density at radius 1 is 1.47 bits per heavy atom. The summed E-state index contributed by atoms with van der Waals surface area (Å²) in [7, 11) is 0. The number of hydrogen-bond acceptors (Lipinski definition) is 3. The van der Waals surface area contributed by atoms with Gasteiger partial charge in [0, 0.05) is 24.9 Å². The van der Waals surface area contributed by atoms with Crippen molar-refractivity contribution in [2.45, 2.75) is 25.8 Å². The van der Waals surface area contributed by atoms with Gasteiger partial charge in [-0.3, -0.25) is 4.98 Å². The van der Waals surface area contributed by atoms with E-state index in [4.69, 9.17) is 16.0 Å². The molecule has 2 rings (SSSR count). The van der Waals surface area contributed by atoms with Gasteiger partial charge in [0.15, 0.2) is 0 Å². The van der Waals surface area contributed by atoms with Gasteiger partial charge in [-0.25, -0.2) is 0 Å². The SMILES string of the molecule is CC(CCc1ccco1)Nc1ccncc1Cl. The molecule has 1 atom stereocenters. The summed E-state index contributed by atoms with van der Waals surface area (Å²) in [5, 5.41) is 4.01. The van der Waals surface area contributed by atoms with E-state index < -0.39 is 0 Å². The van der Waals surface area contributed by atoms with Crippen LogP contribution in [0.3, 0.4) is 0 Å². The molecule has 0 amide bonds. The molecular weight excluding hydrogens is 236 g/mol. The molecule has 3 nitrogen and oxygen atoms in total. The Balaban J connectivity index is 1.85. The lowest BCUT2D eigenvalue weighted by Crippen LogP contribution is -2.16. The number of rotatable bonds is 5. The number of aryl methyl sites for hydroxylation is 1. The highest BCUT2D eigenvalue weighted by Gasteiger charge is 2.06. The second-order valence-electron chi connectivity index (χ2n) is 4.02. The van der Waals surface area contributed by atoms with Crippen molar-refractivity contribution < 1.29 is 4.42 Å². The molecule has 90 valence electrons. The first kappa shape index (κ1) is 12.0. The van der Waals surface area contributed by atoms with Crippen molar-refractivity contribution in [1.29, 1.82) is 0 Å². The lowest BCUT2D eigenvalue weighted by atomic mass is 10.1. The molecule has 2 aromatic rings. The van der Waals surface area contributed by atoms with Crippen LogP contribution in [0.25, 0.3) is 0 Å². The molecule has 1 N–H and O–H groups in total. The van der Waals surface area contributed by atoms with Crippen LogP contribution in [-0.2, 0) is 6.42 Å². The summed E-state index contributed by atoms with van der Waals surface area (Å²) in [5.74, 6) is 1.01. The Morgan fingerprint density at radius 3 is 3.06 bits per heavy atom. The standard InChI is InChI=1S/C13H15ClN2O/c1-10(4-5-11-3-2-8-17-11)16-13-6-7-15-9-12(13)14/h2-3,6-10H,4-5H2,1H3,(H,15,16). The number of pyridine rings is 1. The molecule has 4 heteroatoms. The Morgan fingerprint density at radius 2 is 2.35 bits per heavy atom. The number of nitrogens with one attached hydrogen (secondary N) is 1. The Labute approximate surface area is 106 Å². The van der Waals surface area contributed by atoms with Crippen molar-refractivity contribution >= 4 is 17.3 Å². The van der Waals surface area contributed by atoms with Gasteiger partial charge in [0.05, 0.1) is 17.0 Å². The number of halogens is 1. The highest BCUT2D eigenvalue weighted by atomic mass is 35.5. The molecule has 17 heavy (non-hydrogen) atoms. The van der Waals surface area contributed by atoms with Gasteiger partial charge in [0.25, 0.3) is 0 Å². The van der Waals surface area contributed by atoms with Gasteiger partial charge in [-0.15, -0.1) is 0 Å². The first-order valence-corrected chi connectivity index (χ1v) is 6.02. The zero-order chi connectivity index (χ0) is 12.1. The predicted octanol–water partition coefficient (Wildman–Crippen LogP) is 3.76. The fraction of sp³-hybridized carbons (Fsp3) is 0.308. The topological polar surface area (TPSA) is 38.1 Å². The summed E-state index contributed by atoms with van der Waals surface area (Å²) in [6.45, 7) is 2.12. The minimum Gasteiger partial charge on any atom is -0.469 e. The highest BCUT2D eigenvalue weighted by molar-refractivity contribution is 6.33. The van der Waals surface area contributed by atoms with E-state index in [1.54, 1.807) is 18.7 Å². The molecule has 0 fully saturated rings. The average molecular weight is 251 g/mol. The summed E-state index contributed by atoms with van der Waals surface area (Å²) in [4.78, 5) is 3.95. The third-order valence-corrected chi connectivity index (χ3v) is 2.88. The minimum atomic E-state index is 0.333. The molecule has 0 aliphatic carbocycles. The van der Waals surface area contributed by atoms with Gasteiger partial charge < -0.3 is 9.73 Å². The van der Waals surface area contributed by atoms with E-state index in [1.807, 2.05) is 18.2 Å². The molecule has 0 spiro atoms. The first-order chi connectivity index (χ1) is 8.25. The van der Waals surface area contributed by atoms with Crippen LogP contribution in [0.1, 0.15) is 19.1 Å². The second-order valence-corrected chi connectivity index (χ2v) is 4.43. The second kappa shape index (κ2) is 5.73. The van der Waals surface area contributed by atoms with Gasteiger partial charge in [-0.2, -0.15) is 0 Å². The molecule has 2 aromatic heterocycles. The van der Waals surface area contributed by atoms with Crippen LogP contribution in [0.4, 0.5) is 5.69 Å². The molecule has 0 radical (unpaired) electrons. The van der Waals surface area contributed by atoms with E-state index in [0.29, 0.717) is 11.1 Å². The Hall–Kier alpha value is -1.48. The maximum atomic E-state index is 6.02. The van der Waals surface area contributed by atoms with Crippen molar-refractivity contribution in [3.8, 4) is 0 Å². The molecule has 2 heterocycles. The van der Waals surface area contributed by atoms with Crippen LogP contribution in [0.2, 0.25) is 5.02 Å². The molecule has 0 bridgehead atoms. The van der Waals surface area contributed by atoms with Crippen LogP contribution in [0.5, 0.6) is 0 Å². The first-order valence-electron chi connectivity index (χ1n) is 5.64. The fourth-order valence-electron chi connectivity index (χ4n) is 1.64. The van der Waals surface area contributed by atoms with Gasteiger partial charge in [0.1, 0.15) is 5.76 Å². The van der Waals surface area contributed by atoms with E-state index in [-0.39, 0.29) is 0 Å². The van der Waals surface area contributed by atoms with Gasteiger partial charge >= 0.3 is 0 Å². The van der Waals surface area contributed by atoms with Crippen molar-refractivity contribution in [3.63, 3.8) is 0 Å². The Kier molecular flexibility index (Phi) is 4.04. The molecular formula is C13H15ClN2O. The van der Waals surface area contributed by atoms with Crippen molar-refractivity contribution in [2.75, 3.05) is 5.32 Å². The van der Waals surface area contributed by atoms with Crippen LogP contribution >= 0.6 is 11.6 Å². The Bertz CT molecular complexity index is 456. The van der Waals surface area contributed by atoms with E-state index in [9.17, 15) is 0 Å². The molecule has 0 aromatic carbocycles. The molecule has 0 aliphatic heterocycles. The summed E-state index contributed by atoms with van der Waals surface area (Å²) >= 11 is 6.02. The average Bonchev–Trinajstić information content (AvgIpc) is 2.82. The smallest absolute Gasteiger partial charge is 0.103 e. The third-order valence-electron chi connectivity index (χ3n) is 2.58. The summed E-state index contributed by atoms with van der Waals surface area (Å²) in [5.41, 5.74) is 0.925. The van der Waals surface area contributed by atoms with Crippen LogP contribution in [0.15, 0.2) is 41.3 Å². The molecule has 1 unspecified atom stereocenters. The third kappa shape index (κ3) is 3.49. The van der Waals surface area contributed by atoms with Gasteiger partial charge in [-0.05, 0) is 31.5 Å². The van der Waals surface area contributed by atoms with Gasteiger partial charge in [0.2, 0.25) is 0 Å². The maximum Gasteiger partial charge on any atom is 0.103 e.